The topological polar surface area (TPSA) is 114 Å². The second-order valence-corrected chi connectivity index (χ2v) is 10.2. The Morgan fingerprint density at radius 1 is 1.36 bits per heavy atom. The van der Waals surface area contributed by atoms with Crippen LogP contribution in [0.3, 0.4) is 0 Å². The molecular weight excluding hydrogens is 418 g/mol. The summed E-state index contributed by atoms with van der Waals surface area (Å²) >= 11 is 0. The first-order valence-corrected chi connectivity index (χ1v) is 12.2. The average molecular weight is 456 g/mol. The molecule has 3 amide bonds. The van der Waals surface area contributed by atoms with Gasteiger partial charge in [0.2, 0.25) is 0 Å². The number of carbonyl (C=O) groups excluding carboxylic acids is 3. The summed E-state index contributed by atoms with van der Waals surface area (Å²) < 4.78 is 0. The summed E-state index contributed by atoms with van der Waals surface area (Å²) in [6.45, 7) is 5.97. The Morgan fingerprint density at radius 2 is 2.15 bits per heavy atom. The summed E-state index contributed by atoms with van der Waals surface area (Å²) in [6.07, 6.45) is 14.9. The van der Waals surface area contributed by atoms with Crippen molar-refractivity contribution in [2.24, 2.45) is 17.3 Å². The predicted molar refractivity (Wildman–Crippen MR) is 123 cm³/mol. The maximum Gasteiger partial charge on any atom is 0.326 e. The van der Waals surface area contributed by atoms with Crippen molar-refractivity contribution in [2.45, 2.75) is 51.1 Å². The molecule has 6 N–H and O–H groups in total. The summed E-state index contributed by atoms with van der Waals surface area (Å²) in [6, 6.07) is -0.940. The maximum absolute atomic E-state index is 13.1. The van der Waals surface area contributed by atoms with E-state index in [9.17, 15) is 14.4 Å². The van der Waals surface area contributed by atoms with Gasteiger partial charge in [-0.15, -0.1) is 5.73 Å². The largest absolute Gasteiger partial charge is 0.358 e. The third-order valence-electron chi connectivity index (χ3n) is 7.35. The van der Waals surface area contributed by atoms with Gasteiger partial charge in [0.15, 0.2) is 12.3 Å². The first kappa shape index (κ1) is 23.6. The van der Waals surface area contributed by atoms with Gasteiger partial charge in [0, 0.05) is 61.2 Å². The summed E-state index contributed by atoms with van der Waals surface area (Å²) in [5.41, 5.74) is 9.47. The minimum atomic E-state index is -0.506. The summed E-state index contributed by atoms with van der Waals surface area (Å²) in [5.74, 6) is 0.989. The van der Waals surface area contributed by atoms with Crippen LogP contribution in [0.5, 0.6) is 0 Å². The number of aldehydes is 1. The quantitative estimate of drug-likeness (QED) is 0.282. The van der Waals surface area contributed by atoms with Gasteiger partial charge in [-0.25, -0.2) is 9.59 Å². The number of rotatable bonds is 12. The Morgan fingerprint density at radius 3 is 2.82 bits per heavy atom. The minimum Gasteiger partial charge on any atom is -0.358 e. The first-order valence-electron chi connectivity index (χ1n) is 12.2. The average Bonchev–Trinajstić information content (AvgIpc) is 3.56. The number of nitrogens with one attached hydrogen (secondary N) is 1. The molecule has 8 heteroatoms. The third-order valence-corrected chi connectivity index (χ3v) is 7.35. The van der Waals surface area contributed by atoms with Crippen LogP contribution in [0.4, 0.5) is 4.79 Å². The van der Waals surface area contributed by atoms with Crippen LogP contribution in [0.15, 0.2) is 41.4 Å². The molecule has 1 saturated heterocycles. The van der Waals surface area contributed by atoms with Gasteiger partial charge in [-0.05, 0) is 43.6 Å². The lowest BCUT2D eigenvalue weighted by Crippen LogP contribution is -2.89. The fraction of sp³-hybridized carbons (Fsp3) is 0.600. The molecule has 178 valence electrons. The zero-order valence-corrected chi connectivity index (χ0v) is 19.5. The zero-order chi connectivity index (χ0) is 23.4. The van der Waals surface area contributed by atoms with Crippen LogP contribution in [0.2, 0.25) is 0 Å². The molecule has 3 atom stereocenters. The Bertz CT molecular complexity index is 894. The summed E-state index contributed by atoms with van der Waals surface area (Å²) in [5, 5.41) is 4.41. The van der Waals surface area contributed by atoms with E-state index in [0.29, 0.717) is 18.2 Å². The van der Waals surface area contributed by atoms with Crippen molar-refractivity contribution < 1.29 is 25.4 Å². The maximum atomic E-state index is 13.1. The zero-order valence-electron chi connectivity index (χ0n) is 19.5. The van der Waals surface area contributed by atoms with Crippen molar-refractivity contribution in [3.05, 3.63) is 41.4 Å². The predicted octanol–water partition coefficient (Wildman–Crippen LogP) is -0.0795. The number of nitrogens with zero attached hydrogens (tertiary/aromatic N) is 2. The Hall–Kier alpha value is -2.51. The Labute approximate surface area is 195 Å². The van der Waals surface area contributed by atoms with E-state index in [1.54, 1.807) is 4.90 Å². The van der Waals surface area contributed by atoms with Crippen molar-refractivity contribution in [2.75, 3.05) is 26.2 Å². The molecule has 0 aromatic heterocycles. The van der Waals surface area contributed by atoms with Crippen molar-refractivity contribution in [1.82, 2.24) is 15.1 Å². The number of likely N-dealkylation sites (tertiary alicyclic amines) is 1. The monoisotopic (exact) mass is 455 g/mol. The van der Waals surface area contributed by atoms with Gasteiger partial charge in [-0.1, -0.05) is 12.8 Å². The van der Waals surface area contributed by atoms with Gasteiger partial charge >= 0.3 is 6.03 Å². The van der Waals surface area contributed by atoms with Crippen molar-refractivity contribution in [1.29, 1.82) is 0 Å². The Balaban J connectivity index is 1.42. The highest BCUT2D eigenvalue weighted by Gasteiger charge is 2.46. The molecule has 1 saturated carbocycles. The van der Waals surface area contributed by atoms with Gasteiger partial charge in [-0.2, -0.15) is 0 Å². The molecule has 33 heavy (non-hydrogen) atoms. The number of primary amides is 1. The number of quaternary nitrogens is 2. The smallest absolute Gasteiger partial charge is 0.326 e. The van der Waals surface area contributed by atoms with Crippen LogP contribution in [0.25, 0.3) is 0 Å². The van der Waals surface area contributed by atoms with E-state index in [-0.39, 0.29) is 18.0 Å². The van der Waals surface area contributed by atoms with Gasteiger partial charge < -0.3 is 16.0 Å². The standard InChI is InChI=1S/C25H35N5O3/c1-18(10-21(14-31)27-17-32)30-22-5-3-2-4-20(23(11-22)28-24(30)33)13-29-15-25(16-29,8-9-26)12-19-6-7-19/h3-5,11,14,17-21H,6-10,12-13,15-16,26H2,1H3,(H,27,32)(H,28,33)/p+2. The summed E-state index contributed by atoms with van der Waals surface area (Å²) in [7, 11) is 0. The Kier molecular flexibility index (Phi) is 7.29. The van der Waals surface area contributed by atoms with Crippen LogP contribution < -0.4 is 16.4 Å². The van der Waals surface area contributed by atoms with Gasteiger partial charge in [-0.3, -0.25) is 15.0 Å². The molecule has 4 aliphatic rings. The van der Waals surface area contributed by atoms with Gasteiger partial charge in [0.25, 0.3) is 6.41 Å². The lowest BCUT2D eigenvalue weighted by atomic mass is 9.72. The number of urea groups is 1. The second kappa shape index (κ2) is 10.2. The molecule has 2 bridgehead atoms. The van der Waals surface area contributed by atoms with E-state index < -0.39 is 6.04 Å². The van der Waals surface area contributed by atoms with Crippen LogP contribution in [-0.2, 0) is 9.59 Å². The normalized spacial score (nSPS) is 25.7. The number of fused-ring (bicyclic) bond motifs is 1. The minimum absolute atomic E-state index is 0.0659. The van der Waals surface area contributed by atoms with E-state index >= 15 is 0 Å². The van der Waals surface area contributed by atoms with Crippen LogP contribution in [-0.4, -0.2) is 66.8 Å². The number of allylic oxidation sites excluding steroid dienone is 2. The van der Waals surface area contributed by atoms with Crippen molar-refractivity contribution in [3.8, 4) is 0 Å². The number of nitrogens with two attached hydrogens (primary N) is 1. The summed E-state index contributed by atoms with van der Waals surface area (Å²) in [4.78, 5) is 39.3. The first-order chi connectivity index (χ1) is 16.0. The number of carbonyl (C=O) groups is 3. The molecular formula is C25H37N5O3+2. The van der Waals surface area contributed by atoms with Crippen LogP contribution in [0.1, 0.15) is 39.0 Å². The molecule has 2 aliphatic carbocycles. The van der Waals surface area contributed by atoms with Crippen molar-refractivity contribution >= 4 is 18.7 Å². The highest BCUT2D eigenvalue weighted by atomic mass is 16.2. The van der Waals surface area contributed by atoms with E-state index in [1.165, 1.54) is 31.0 Å². The van der Waals surface area contributed by atoms with E-state index in [4.69, 9.17) is 0 Å². The molecule has 0 radical (unpaired) electrons. The highest BCUT2D eigenvalue weighted by Crippen LogP contribution is 2.47. The molecule has 8 nitrogen and oxygen atoms in total. The molecule has 2 aliphatic heterocycles. The van der Waals surface area contributed by atoms with Gasteiger partial charge in [0.1, 0.15) is 0 Å². The SMILES string of the molecule is CC(CC(C=O)[NH2+]C=O)N1C(=O)NC2=CC1=CC=C=CC2CN1CC(CC[NH3+])(CC2CC2)C1. The van der Waals surface area contributed by atoms with Gasteiger partial charge in [0.05, 0.1) is 6.54 Å². The third kappa shape index (κ3) is 5.53. The van der Waals surface area contributed by atoms with E-state index in [0.717, 1.165) is 49.8 Å². The fourth-order valence-corrected chi connectivity index (χ4v) is 5.68. The van der Waals surface area contributed by atoms with Crippen molar-refractivity contribution in [3.63, 3.8) is 0 Å². The number of amides is 3. The molecule has 4 rings (SSSR count). The molecule has 2 heterocycles. The second-order valence-electron chi connectivity index (χ2n) is 10.2. The van der Waals surface area contributed by atoms with E-state index in [1.807, 2.05) is 31.2 Å². The fourth-order valence-electron chi connectivity index (χ4n) is 5.68. The molecule has 2 fully saturated rings. The molecule has 0 spiro atoms. The van der Waals surface area contributed by atoms with Crippen LogP contribution in [0, 0.1) is 17.3 Å². The molecule has 3 unspecified atom stereocenters. The highest BCUT2D eigenvalue weighted by molar-refractivity contribution is 5.81. The number of hydrogen-bond acceptors (Lipinski definition) is 4. The lowest BCUT2D eigenvalue weighted by Gasteiger charge is -2.51. The van der Waals surface area contributed by atoms with E-state index in [2.05, 4.69) is 21.7 Å². The molecule has 0 aromatic rings. The number of hydrogen-bond donors (Lipinski definition) is 3. The molecule has 0 aromatic carbocycles. The van der Waals surface area contributed by atoms with Crippen LogP contribution >= 0.6 is 0 Å². The lowest BCUT2D eigenvalue weighted by molar-refractivity contribution is -0.578.